The second-order valence-corrected chi connectivity index (χ2v) is 6.54. The average molecular weight is 413 g/mol. The van der Waals surface area contributed by atoms with Gasteiger partial charge in [-0.1, -0.05) is 28.1 Å². The van der Waals surface area contributed by atoms with E-state index in [4.69, 9.17) is 0 Å². The summed E-state index contributed by atoms with van der Waals surface area (Å²) in [7, 11) is 0. The van der Waals surface area contributed by atoms with Crippen LogP contribution in [0.5, 0.6) is 0 Å². The van der Waals surface area contributed by atoms with E-state index < -0.39 is 29.1 Å². The second-order valence-electron chi connectivity index (χ2n) is 5.62. The number of halogens is 4. The Morgan fingerprint density at radius 1 is 1.16 bits per heavy atom. The highest BCUT2D eigenvalue weighted by molar-refractivity contribution is 9.10. The van der Waals surface area contributed by atoms with Crippen molar-refractivity contribution in [3.63, 3.8) is 0 Å². The molecular weight excluding hydrogens is 401 g/mol. The van der Waals surface area contributed by atoms with E-state index in [1.807, 2.05) is 18.2 Å². The Morgan fingerprint density at radius 2 is 1.84 bits per heavy atom. The maximum atomic E-state index is 12.7. The van der Waals surface area contributed by atoms with Gasteiger partial charge in [0, 0.05) is 26.5 Å². The minimum absolute atomic E-state index is 0.412. The summed E-state index contributed by atoms with van der Waals surface area (Å²) in [5, 5.41) is 11.9. The molecule has 1 aromatic heterocycles. The summed E-state index contributed by atoms with van der Waals surface area (Å²) < 4.78 is 39.0. The zero-order valence-corrected chi connectivity index (χ0v) is 14.3. The number of nitrogens with one attached hydrogen (secondary N) is 1. The number of alkyl halides is 3. The van der Waals surface area contributed by atoms with Crippen LogP contribution in [0.2, 0.25) is 0 Å². The molecule has 0 fully saturated rings. The van der Waals surface area contributed by atoms with Gasteiger partial charge in [-0.25, -0.2) is 0 Å². The molecule has 2 aromatic carbocycles. The molecule has 0 aliphatic carbocycles. The number of hydrogen-bond donors (Lipinski definition) is 1. The largest absolute Gasteiger partial charge is 0.416 e. The Kier molecular flexibility index (Phi) is 4.55. The Balaban J connectivity index is 2.08. The Morgan fingerprint density at radius 3 is 2.44 bits per heavy atom. The van der Waals surface area contributed by atoms with E-state index in [2.05, 4.69) is 20.9 Å². The van der Waals surface area contributed by atoms with Gasteiger partial charge in [-0.2, -0.15) is 13.2 Å². The van der Waals surface area contributed by atoms with Crippen molar-refractivity contribution >= 4 is 26.8 Å². The Bertz CT molecular complexity index is 920. The van der Waals surface area contributed by atoms with E-state index in [1.54, 1.807) is 6.20 Å². The molecule has 0 spiro atoms. The van der Waals surface area contributed by atoms with Crippen LogP contribution in [-0.2, 0) is 6.18 Å². The van der Waals surface area contributed by atoms with Gasteiger partial charge in [0.1, 0.15) is 0 Å². The molecule has 1 heterocycles. The van der Waals surface area contributed by atoms with Crippen LogP contribution in [0.25, 0.3) is 10.9 Å². The first-order valence-corrected chi connectivity index (χ1v) is 8.10. The molecule has 25 heavy (non-hydrogen) atoms. The minimum Gasteiger partial charge on any atom is -0.361 e. The quantitative estimate of drug-likeness (QED) is 0.463. The van der Waals surface area contributed by atoms with Crippen molar-refractivity contribution in [2.45, 2.75) is 12.1 Å². The summed E-state index contributed by atoms with van der Waals surface area (Å²) in [6, 6.07) is 10.0. The monoisotopic (exact) mass is 412 g/mol. The number of H-pyrrole nitrogens is 1. The predicted octanol–water partition coefficient (Wildman–Crippen LogP) is 5.36. The molecule has 3 aromatic rings. The van der Waals surface area contributed by atoms with Gasteiger partial charge in [-0.3, -0.25) is 10.1 Å². The van der Waals surface area contributed by atoms with E-state index in [0.29, 0.717) is 11.1 Å². The highest BCUT2D eigenvalue weighted by atomic mass is 79.9. The molecule has 130 valence electrons. The van der Waals surface area contributed by atoms with E-state index in [-0.39, 0.29) is 0 Å². The molecule has 0 saturated heterocycles. The van der Waals surface area contributed by atoms with Gasteiger partial charge in [0.05, 0.1) is 11.5 Å². The van der Waals surface area contributed by atoms with Crippen LogP contribution in [-0.4, -0.2) is 16.5 Å². The summed E-state index contributed by atoms with van der Waals surface area (Å²) in [5.74, 6) is -0.652. The first kappa shape index (κ1) is 17.5. The van der Waals surface area contributed by atoms with Crippen molar-refractivity contribution in [1.82, 2.24) is 4.98 Å². The molecule has 0 aliphatic heterocycles. The molecule has 3 rings (SSSR count). The van der Waals surface area contributed by atoms with E-state index in [1.165, 1.54) is 12.1 Å². The molecule has 1 N–H and O–H groups in total. The number of benzene rings is 2. The fourth-order valence-electron chi connectivity index (χ4n) is 2.84. The van der Waals surface area contributed by atoms with Crippen molar-refractivity contribution < 1.29 is 18.1 Å². The van der Waals surface area contributed by atoms with Gasteiger partial charge in [0.15, 0.2) is 0 Å². The zero-order valence-electron chi connectivity index (χ0n) is 12.7. The number of nitro groups is 1. The molecule has 0 amide bonds. The maximum absolute atomic E-state index is 12.7. The van der Waals surface area contributed by atoms with Gasteiger partial charge in [-0.05, 0) is 41.5 Å². The van der Waals surface area contributed by atoms with Crippen molar-refractivity contribution in [3.05, 3.63) is 79.9 Å². The van der Waals surface area contributed by atoms with E-state index in [0.717, 1.165) is 27.5 Å². The van der Waals surface area contributed by atoms with Gasteiger partial charge in [-0.15, -0.1) is 0 Å². The van der Waals surface area contributed by atoms with Crippen molar-refractivity contribution in [3.8, 4) is 0 Å². The standard InChI is InChI=1S/C17H12BrF3N2O2/c18-12-5-6-16-13(7-12)14(8-22-16)15(9-23(24)25)10-1-3-11(4-2-10)17(19,20)21/h1-8,15,22H,9H2/t15-/m0/s1. The number of aromatic nitrogens is 1. The van der Waals surface area contributed by atoms with Gasteiger partial charge in [0.2, 0.25) is 6.54 Å². The zero-order chi connectivity index (χ0) is 18.2. The van der Waals surface area contributed by atoms with Crippen LogP contribution in [0.4, 0.5) is 13.2 Å². The Hall–Kier alpha value is -2.35. The smallest absolute Gasteiger partial charge is 0.361 e. The lowest BCUT2D eigenvalue weighted by molar-refractivity contribution is -0.481. The molecule has 0 radical (unpaired) electrons. The van der Waals surface area contributed by atoms with Crippen molar-refractivity contribution in [2.24, 2.45) is 0 Å². The topological polar surface area (TPSA) is 58.9 Å². The molecule has 0 bridgehead atoms. The van der Waals surface area contributed by atoms with Crippen LogP contribution in [0, 0.1) is 10.1 Å². The van der Waals surface area contributed by atoms with Crippen LogP contribution in [0.1, 0.15) is 22.6 Å². The fraction of sp³-hybridized carbons (Fsp3) is 0.176. The van der Waals surface area contributed by atoms with Crippen molar-refractivity contribution in [2.75, 3.05) is 6.54 Å². The number of fused-ring (bicyclic) bond motifs is 1. The van der Waals surface area contributed by atoms with Crippen LogP contribution in [0.3, 0.4) is 0 Å². The lowest BCUT2D eigenvalue weighted by atomic mass is 9.90. The summed E-state index contributed by atoms with van der Waals surface area (Å²) in [6.07, 6.45) is -2.77. The molecule has 1 atom stereocenters. The highest BCUT2D eigenvalue weighted by Crippen LogP contribution is 2.35. The third kappa shape index (κ3) is 3.68. The number of hydrogen-bond acceptors (Lipinski definition) is 2. The SMILES string of the molecule is O=[N+]([O-])C[C@@H](c1ccc(C(F)(F)F)cc1)c1c[nH]c2ccc(Br)cc12. The second kappa shape index (κ2) is 6.51. The minimum atomic E-state index is -4.44. The maximum Gasteiger partial charge on any atom is 0.416 e. The molecule has 0 aliphatic rings. The van der Waals surface area contributed by atoms with Crippen LogP contribution < -0.4 is 0 Å². The summed E-state index contributed by atoms with van der Waals surface area (Å²) in [5.41, 5.74) is 1.16. The molecule has 0 unspecified atom stereocenters. The molecule has 4 nitrogen and oxygen atoms in total. The average Bonchev–Trinajstić information content (AvgIpc) is 2.94. The van der Waals surface area contributed by atoms with E-state index in [9.17, 15) is 23.3 Å². The summed E-state index contributed by atoms with van der Waals surface area (Å²) >= 11 is 3.37. The summed E-state index contributed by atoms with van der Waals surface area (Å²) in [6.45, 7) is -0.412. The molecule has 8 heteroatoms. The first-order chi connectivity index (χ1) is 11.8. The highest BCUT2D eigenvalue weighted by Gasteiger charge is 2.31. The third-order valence-corrected chi connectivity index (χ3v) is 4.52. The van der Waals surface area contributed by atoms with Crippen LogP contribution in [0.15, 0.2) is 53.1 Å². The lowest BCUT2D eigenvalue weighted by Crippen LogP contribution is -2.14. The van der Waals surface area contributed by atoms with Gasteiger partial charge < -0.3 is 4.98 Å². The number of rotatable bonds is 4. The molecular formula is C17H12BrF3N2O2. The normalized spacial score (nSPS) is 13.1. The Labute approximate surface area is 148 Å². The number of nitrogens with zero attached hydrogens (tertiary/aromatic N) is 1. The predicted molar refractivity (Wildman–Crippen MR) is 91.1 cm³/mol. The number of aromatic amines is 1. The summed E-state index contributed by atoms with van der Waals surface area (Å²) in [4.78, 5) is 13.7. The lowest BCUT2D eigenvalue weighted by Gasteiger charge is -2.14. The van der Waals surface area contributed by atoms with Crippen molar-refractivity contribution in [1.29, 1.82) is 0 Å². The third-order valence-electron chi connectivity index (χ3n) is 4.02. The van der Waals surface area contributed by atoms with Crippen LogP contribution >= 0.6 is 15.9 Å². The fourth-order valence-corrected chi connectivity index (χ4v) is 3.20. The van der Waals surface area contributed by atoms with Gasteiger partial charge in [0.25, 0.3) is 0 Å². The first-order valence-electron chi connectivity index (χ1n) is 7.31. The molecule has 0 saturated carbocycles. The van der Waals surface area contributed by atoms with Gasteiger partial charge >= 0.3 is 6.18 Å². The van der Waals surface area contributed by atoms with E-state index >= 15 is 0 Å².